The van der Waals surface area contributed by atoms with Crippen molar-refractivity contribution in [1.82, 2.24) is 4.31 Å². The van der Waals surface area contributed by atoms with Crippen LogP contribution < -0.4 is 10.1 Å². The molecule has 0 radical (unpaired) electrons. The van der Waals surface area contributed by atoms with Gasteiger partial charge in [0.15, 0.2) is 12.4 Å². The van der Waals surface area contributed by atoms with Gasteiger partial charge in [0.2, 0.25) is 0 Å². The fourth-order valence-corrected chi connectivity index (χ4v) is 5.21. The number of anilines is 1. The number of aryl methyl sites for hydroxylation is 1. The van der Waals surface area contributed by atoms with E-state index in [1.807, 2.05) is 19.1 Å². The number of rotatable bonds is 8. The molecule has 0 unspecified atom stereocenters. The van der Waals surface area contributed by atoms with Crippen LogP contribution in [0.15, 0.2) is 59.5 Å². The number of hydrogen-bond acceptors (Lipinski definition) is 5. The molecule has 1 fully saturated rings. The molecule has 0 saturated carbocycles. The SMILES string of the molecule is Cc1cc(SN2CCCC2)ccc1NC(=O)COc1ccc(Cl)cc1C(=O)c1cc(F)cc(C(F)(F)F)c1. The van der Waals surface area contributed by atoms with Gasteiger partial charge in [-0.05, 0) is 91.9 Å². The Labute approximate surface area is 226 Å². The van der Waals surface area contributed by atoms with Crippen LogP contribution in [0.4, 0.5) is 23.2 Å². The highest BCUT2D eigenvalue weighted by Crippen LogP contribution is 2.33. The van der Waals surface area contributed by atoms with Gasteiger partial charge in [0.1, 0.15) is 11.6 Å². The van der Waals surface area contributed by atoms with Gasteiger partial charge in [-0.2, -0.15) is 13.2 Å². The maximum atomic E-state index is 13.9. The Balaban J connectivity index is 1.45. The van der Waals surface area contributed by atoms with Crippen LogP contribution in [0.1, 0.15) is 39.9 Å². The predicted octanol–water partition coefficient (Wildman–Crippen LogP) is 7.16. The summed E-state index contributed by atoms with van der Waals surface area (Å²) in [6, 6.07) is 11.2. The summed E-state index contributed by atoms with van der Waals surface area (Å²) in [6.45, 7) is 3.46. The van der Waals surface area contributed by atoms with E-state index >= 15 is 0 Å². The smallest absolute Gasteiger partial charge is 0.416 e. The molecule has 1 amide bonds. The third-order valence-electron chi connectivity index (χ3n) is 5.80. The standard InChI is InChI=1S/C27H23ClF4N2O3S/c1-16-10-21(38-34-8-2-3-9-34)5-6-23(16)33-25(35)15-37-24-7-4-19(28)14-22(24)26(36)17-11-18(27(30,31)32)13-20(29)12-17/h4-7,10-14H,2-3,8-9,15H2,1H3,(H,33,35). The van der Waals surface area contributed by atoms with E-state index in [9.17, 15) is 27.2 Å². The third-order valence-corrected chi connectivity index (χ3v) is 7.13. The topological polar surface area (TPSA) is 58.6 Å². The Morgan fingerprint density at radius 1 is 1.05 bits per heavy atom. The summed E-state index contributed by atoms with van der Waals surface area (Å²) in [5.41, 5.74) is -0.586. The fraction of sp³-hybridized carbons (Fsp3) is 0.259. The number of benzene rings is 3. The lowest BCUT2D eigenvalue weighted by Crippen LogP contribution is -2.21. The first-order valence-corrected chi connectivity index (χ1v) is 12.8. The van der Waals surface area contributed by atoms with Crippen molar-refractivity contribution < 1.29 is 31.9 Å². The van der Waals surface area contributed by atoms with Crippen LogP contribution in [-0.4, -0.2) is 35.7 Å². The van der Waals surface area contributed by atoms with E-state index in [-0.39, 0.29) is 16.3 Å². The molecule has 1 N–H and O–H groups in total. The van der Waals surface area contributed by atoms with Gasteiger partial charge in [0, 0.05) is 34.3 Å². The molecule has 0 atom stereocenters. The van der Waals surface area contributed by atoms with Crippen molar-refractivity contribution >= 4 is 40.9 Å². The summed E-state index contributed by atoms with van der Waals surface area (Å²) in [6.07, 6.45) is -2.48. The molecule has 0 spiro atoms. The molecule has 11 heteroatoms. The number of alkyl halides is 3. The molecule has 0 aliphatic carbocycles. The van der Waals surface area contributed by atoms with E-state index in [0.29, 0.717) is 23.9 Å². The number of amides is 1. The molecule has 1 aliphatic rings. The van der Waals surface area contributed by atoms with Gasteiger partial charge >= 0.3 is 6.18 Å². The Morgan fingerprint density at radius 3 is 2.47 bits per heavy atom. The van der Waals surface area contributed by atoms with Gasteiger partial charge in [-0.3, -0.25) is 9.59 Å². The third kappa shape index (κ3) is 7.06. The summed E-state index contributed by atoms with van der Waals surface area (Å²) >= 11 is 7.67. The number of halogens is 5. The van der Waals surface area contributed by atoms with Crippen molar-refractivity contribution in [3.05, 3.63) is 87.7 Å². The number of ether oxygens (including phenoxy) is 1. The monoisotopic (exact) mass is 566 g/mol. The quantitative estimate of drug-likeness (QED) is 0.178. The fourth-order valence-electron chi connectivity index (χ4n) is 3.94. The van der Waals surface area contributed by atoms with Gasteiger partial charge in [-0.1, -0.05) is 11.6 Å². The van der Waals surface area contributed by atoms with Crippen molar-refractivity contribution in [3.63, 3.8) is 0 Å². The van der Waals surface area contributed by atoms with Crippen molar-refractivity contribution in [2.45, 2.75) is 30.8 Å². The predicted molar refractivity (Wildman–Crippen MR) is 138 cm³/mol. The summed E-state index contributed by atoms with van der Waals surface area (Å²) < 4.78 is 61.0. The van der Waals surface area contributed by atoms with Crippen LogP contribution in [0.2, 0.25) is 5.02 Å². The molecule has 0 bridgehead atoms. The highest BCUT2D eigenvalue weighted by Gasteiger charge is 2.32. The van der Waals surface area contributed by atoms with Crippen molar-refractivity contribution in [2.75, 3.05) is 25.0 Å². The molecular formula is C27H23ClF4N2O3S. The van der Waals surface area contributed by atoms with Crippen LogP contribution >= 0.6 is 23.5 Å². The van der Waals surface area contributed by atoms with Crippen LogP contribution in [0.3, 0.4) is 0 Å². The van der Waals surface area contributed by atoms with Crippen molar-refractivity contribution in [1.29, 1.82) is 0 Å². The number of carbonyl (C=O) groups excluding carboxylic acids is 2. The second-order valence-electron chi connectivity index (χ2n) is 8.74. The minimum absolute atomic E-state index is 0.0820. The van der Waals surface area contributed by atoms with Crippen LogP contribution in [0, 0.1) is 12.7 Å². The van der Waals surface area contributed by atoms with Crippen LogP contribution in [0.25, 0.3) is 0 Å². The molecule has 1 heterocycles. The van der Waals surface area contributed by atoms with Crippen LogP contribution in [-0.2, 0) is 11.0 Å². The zero-order chi connectivity index (χ0) is 27.4. The van der Waals surface area contributed by atoms with Gasteiger partial charge in [-0.25, -0.2) is 8.70 Å². The molecule has 38 heavy (non-hydrogen) atoms. The van der Waals surface area contributed by atoms with Crippen LogP contribution in [0.5, 0.6) is 5.75 Å². The zero-order valence-corrected chi connectivity index (χ0v) is 21.8. The summed E-state index contributed by atoms with van der Waals surface area (Å²) in [5.74, 6) is -2.74. The molecular weight excluding hydrogens is 544 g/mol. The highest BCUT2D eigenvalue weighted by molar-refractivity contribution is 7.97. The van der Waals surface area contributed by atoms with Gasteiger partial charge in [0.25, 0.3) is 5.91 Å². The van der Waals surface area contributed by atoms with Crippen molar-refractivity contribution in [3.8, 4) is 5.75 Å². The second kappa shape index (κ2) is 11.8. The Hall–Kier alpha value is -3.08. The van der Waals surface area contributed by atoms with E-state index in [2.05, 4.69) is 9.62 Å². The number of hydrogen-bond donors (Lipinski definition) is 1. The van der Waals surface area contributed by atoms with E-state index < -0.39 is 41.4 Å². The second-order valence-corrected chi connectivity index (χ2v) is 10.3. The Morgan fingerprint density at radius 2 is 1.79 bits per heavy atom. The zero-order valence-electron chi connectivity index (χ0n) is 20.2. The lowest BCUT2D eigenvalue weighted by Gasteiger charge is -2.15. The molecule has 3 aromatic carbocycles. The maximum Gasteiger partial charge on any atom is 0.416 e. The maximum absolute atomic E-state index is 13.9. The van der Waals surface area contributed by atoms with Gasteiger partial charge in [0.05, 0.1) is 11.1 Å². The summed E-state index contributed by atoms with van der Waals surface area (Å²) in [4.78, 5) is 26.7. The van der Waals surface area contributed by atoms with E-state index in [1.54, 1.807) is 18.0 Å². The number of carbonyl (C=O) groups is 2. The average molecular weight is 567 g/mol. The Kier molecular flexibility index (Phi) is 8.64. The lowest BCUT2D eigenvalue weighted by molar-refractivity contribution is -0.137. The number of nitrogens with zero attached hydrogens (tertiary/aromatic N) is 1. The first-order chi connectivity index (χ1) is 18.0. The minimum Gasteiger partial charge on any atom is -0.483 e. The number of nitrogens with one attached hydrogen (secondary N) is 1. The largest absolute Gasteiger partial charge is 0.483 e. The summed E-state index contributed by atoms with van der Waals surface area (Å²) in [7, 11) is 0. The van der Waals surface area contributed by atoms with E-state index in [0.717, 1.165) is 23.5 Å². The highest BCUT2D eigenvalue weighted by atomic mass is 35.5. The minimum atomic E-state index is -4.84. The van der Waals surface area contributed by atoms with Gasteiger partial charge in [-0.15, -0.1) is 0 Å². The first kappa shape index (κ1) is 27.9. The Bertz CT molecular complexity index is 1360. The van der Waals surface area contributed by atoms with Gasteiger partial charge < -0.3 is 10.1 Å². The van der Waals surface area contributed by atoms with E-state index in [4.69, 9.17) is 16.3 Å². The molecule has 5 nitrogen and oxygen atoms in total. The molecule has 4 rings (SSSR count). The molecule has 3 aromatic rings. The van der Waals surface area contributed by atoms with E-state index in [1.165, 1.54) is 31.0 Å². The lowest BCUT2D eigenvalue weighted by atomic mass is 10.00. The molecule has 1 saturated heterocycles. The normalized spacial score (nSPS) is 13.9. The molecule has 0 aromatic heterocycles. The number of ketones is 1. The average Bonchev–Trinajstić information content (AvgIpc) is 3.36. The summed E-state index contributed by atoms with van der Waals surface area (Å²) in [5, 5.41) is 2.86. The molecule has 1 aliphatic heterocycles. The van der Waals surface area contributed by atoms with Crippen molar-refractivity contribution in [2.24, 2.45) is 0 Å². The first-order valence-electron chi connectivity index (χ1n) is 11.7. The molecule has 200 valence electrons.